The third kappa shape index (κ3) is 5.00. The lowest BCUT2D eigenvalue weighted by atomic mass is 10.0. The molecule has 0 saturated carbocycles. The van der Waals surface area contributed by atoms with Gasteiger partial charge in [-0.1, -0.05) is 18.2 Å². The van der Waals surface area contributed by atoms with Gasteiger partial charge in [-0.05, 0) is 55.0 Å². The molecular weight excluding hydrogens is 345 g/mol. The number of nitrogens with zero attached hydrogens (tertiary/aromatic N) is 1. The number of carbonyl (C=O) groups excluding carboxylic acids is 1. The number of anilines is 1. The van der Waals surface area contributed by atoms with E-state index in [1.54, 1.807) is 19.1 Å². The Kier molecular flexibility index (Phi) is 6.32. The molecule has 27 heavy (non-hydrogen) atoms. The quantitative estimate of drug-likeness (QED) is 0.681. The van der Waals surface area contributed by atoms with Crippen LogP contribution in [-0.2, 0) is 29.0 Å². The van der Waals surface area contributed by atoms with E-state index in [2.05, 4.69) is 30.1 Å². The molecule has 3 rings (SSSR count). The van der Waals surface area contributed by atoms with Crippen LogP contribution < -0.4 is 9.64 Å². The van der Waals surface area contributed by atoms with E-state index in [4.69, 9.17) is 9.47 Å². The van der Waals surface area contributed by atoms with Crippen molar-refractivity contribution in [1.82, 2.24) is 0 Å². The Labute approximate surface area is 159 Å². The molecule has 0 fully saturated rings. The van der Waals surface area contributed by atoms with Gasteiger partial charge in [0.1, 0.15) is 18.2 Å². The highest BCUT2D eigenvalue weighted by Crippen LogP contribution is 2.27. The zero-order valence-corrected chi connectivity index (χ0v) is 16.0. The van der Waals surface area contributed by atoms with Crippen LogP contribution in [0.25, 0.3) is 0 Å². The Balaban J connectivity index is 1.59. The van der Waals surface area contributed by atoms with Gasteiger partial charge in [-0.2, -0.15) is 0 Å². The van der Waals surface area contributed by atoms with Crippen LogP contribution in [-0.4, -0.2) is 26.2 Å². The summed E-state index contributed by atoms with van der Waals surface area (Å²) in [6.07, 6.45) is 2.79. The fraction of sp³-hybridized carbons (Fsp3) is 0.409. The smallest absolute Gasteiger partial charge is 0.306 e. The molecule has 1 aliphatic rings. The summed E-state index contributed by atoms with van der Waals surface area (Å²) >= 11 is 0. The maximum atomic E-state index is 14.2. The number of benzene rings is 2. The van der Waals surface area contributed by atoms with E-state index in [0.29, 0.717) is 30.9 Å². The van der Waals surface area contributed by atoms with Gasteiger partial charge >= 0.3 is 5.97 Å². The van der Waals surface area contributed by atoms with E-state index < -0.39 is 0 Å². The number of esters is 1. The fourth-order valence-electron chi connectivity index (χ4n) is 3.35. The van der Waals surface area contributed by atoms with Gasteiger partial charge in [0, 0.05) is 31.8 Å². The van der Waals surface area contributed by atoms with Crippen molar-refractivity contribution in [1.29, 1.82) is 0 Å². The molecule has 2 aromatic carbocycles. The monoisotopic (exact) mass is 371 g/mol. The van der Waals surface area contributed by atoms with Gasteiger partial charge in [-0.3, -0.25) is 4.79 Å². The molecular formula is C22H26FNO3. The number of hydrogen-bond acceptors (Lipinski definition) is 4. The van der Waals surface area contributed by atoms with Crippen LogP contribution in [0.1, 0.15) is 36.5 Å². The standard InChI is InChI=1S/C22H26FNO3/c1-3-26-22(25)11-9-17-8-10-19(14-20(17)23)27-15-16-6-7-18-5-4-12-24(2)21(18)13-16/h6-8,10,13-14H,3-5,9,11-12,15H2,1-2H3. The van der Waals surface area contributed by atoms with Gasteiger partial charge in [0.25, 0.3) is 0 Å². The van der Waals surface area contributed by atoms with E-state index in [1.807, 2.05) is 0 Å². The SMILES string of the molecule is CCOC(=O)CCc1ccc(OCc2ccc3c(c2)N(C)CCC3)cc1F. The minimum absolute atomic E-state index is 0.174. The molecule has 0 aromatic heterocycles. The first-order chi connectivity index (χ1) is 13.1. The first kappa shape index (κ1) is 19.2. The number of hydrogen-bond donors (Lipinski definition) is 0. The lowest BCUT2D eigenvalue weighted by molar-refractivity contribution is -0.143. The maximum Gasteiger partial charge on any atom is 0.306 e. The largest absolute Gasteiger partial charge is 0.489 e. The third-order valence-electron chi connectivity index (χ3n) is 4.83. The van der Waals surface area contributed by atoms with Crippen molar-refractivity contribution < 1.29 is 18.7 Å². The lowest BCUT2D eigenvalue weighted by Gasteiger charge is -2.28. The molecule has 0 aliphatic carbocycles. The van der Waals surface area contributed by atoms with Gasteiger partial charge in [-0.25, -0.2) is 4.39 Å². The average Bonchev–Trinajstić information content (AvgIpc) is 2.66. The van der Waals surface area contributed by atoms with E-state index in [-0.39, 0.29) is 18.2 Å². The number of aryl methyl sites for hydroxylation is 2. The average molecular weight is 371 g/mol. The van der Waals surface area contributed by atoms with E-state index >= 15 is 0 Å². The van der Waals surface area contributed by atoms with Gasteiger partial charge in [0.2, 0.25) is 0 Å². The Morgan fingerprint density at radius 2 is 2.07 bits per heavy atom. The third-order valence-corrected chi connectivity index (χ3v) is 4.83. The summed E-state index contributed by atoms with van der Waals surface area (Å²) in [6, 6.07) is 11.2. The molecule has 0 atom stereocenters. The number of rotatable bonds is 7. The number of halogens is 1. The second kappa shape index (κ2) is 8.89. The van der Waals surface area contributed by atoms with Crippen LogP contribution in [0, 0.1) is 5.82 Å². The summed E-state index contributed by atoms with van der Waals surface area (Å²) in [4.78, 5) is 13.7. The lowest BCUT2D eigenvalue weighted by Crippen LogP contribution is -2.24. The molecule has 0 amide bonds. The van der Waals surface area contributed by atoms with Crippen LogP contribution in [0.4, 0.5) is 10.1 Å². The summed E-state index contributed by atoms with van der Waals surface area (Å²) in [5.74, 6) is -0.185. The van der Waals surface area contributed by atoms with Gasteiger partial charge < -0.3 is 14.4 Å². The highest BCUT2D eigenvalue weighted by molar-refractivity contribution is 5.69. The number of carbonyl (C=O) groups is 1. The Morgan fingerprint density at radius 3 is 2.85 bits per heavy atom. The fourth-order valence-corrected chi connectivity index (χ4v) is 3.35. The Hall–Kier alpha value is -2.56. The second-order valence-corrected chi connectivity index (χ2v) is 6.84. The summed E-state index contributed by atoms with van der Waals surface area (Å²) in [7, 11) is 2.10. The predicted octanol–water partition coefficient (Wildman–Crippen LogP) is 4.28. The van der Waals surface area contributed by atoms with Crippen molar-refractivity contribution in [2.45, 2.75) is 39.2 Å². The van der Waals surface area contributed by atoms with Crippen molar-refractivity contribution in [3.63, 3.8) is 0 Å². The first-order valence-corrected chi connectivity index (χ1v) is 9.46. The zero-order chi connectivity index (χ0) is 19.2. The molecule has 0 spiro atoms. The van der Waals surface area contributed by atoms with E-state index in [0.717, 1.165) is 18.5 Å². The van der Waals surface area contributed by atoms with Crippen LogP contribution >= 0.6 is 0 Å². The van der Waals surface area contributed by atoms with E-state index in [1.165, 1.54) is 23.7 Å². The molecule has 1 heterocycles. The van der Waals surface area contributed by atoms with Crippen molar-refractivity contribution in [3.8, 4) is 5.75 Å². The molecule has 5 heteroatoms. The molecule has 0 radical (unpaired) electrons. The van der Waals surface area contributed by atoms with Gasteiger partial charge in [-0.15, -0.1) is 0 Å². The molecule has 0 N–H and O–H groups in total. The topological polar surface area (TPSA) is 38.8 Å². The van der Waals surface area contributed by atoms with Crippen LogP contribution in [0.2, 0.25) is 0 Å². The molecule has 0 unspecified atom stereocenters. The molecule has 0 saturated heterocycles. The van der Waals surface area contributed by atoms with Crippen LogP contribution in [0.5, 0.6) is 5.75 Å². The Bertz CT molecular complexity index is 806. The van der Waals surface area contributed by atoms with Crippen molar-refractivity contribution >= 4 is 11.7 Å². The summed E-state index contributed by atoms with van der Waals surface area (Å²) in [6.45, 7) is 3.55. The summed E-state index contributed by atoms with van der Waals surface area (Å²) < 4.78 is 24.9. The molecule has 2 aromatic rings. The summed E-state index contributed by atoms with van der Waals surface area (Å²) in [5.41, 5.74) is 4.17. The summed E-state index contributed by atoms with van der Waals surface area (Å²) in [5, 5.41) is 0. The first-order valence-electron chi connectivity index (χ1n) is 9.46. The Morgan fingerprint density at radius 1 is 1.22 bits per heavy atom. The van der Waals surface area contributed by atoms with Crippen molar-refractivity contribution in [2.75, 3.05) is 25.1 Å². The minimum Gasteiger partial charge on any atom is -0.489 e. The highest BCUT2D eigenvalue weighted by atomic mass is 19.1. The van der Waals surface area contributed by atoms with Crippen LogP contribution in [0.3, 0.4) is 0 Å². The predicted molar refractivity (Wildman–Crippen MR) is 104 cm³/mol. The van der Waals surface area contributed by atoms with E-state index in [9.17, 15) is 9.18 Å². The zero-order valence-electron chi connectivity index (χ0n) is 16.0. The van der Waals surface area contributed by atoms with Crippen LogP contribution in [0.15, 0.2) is 36.4 Å². The number of fused-ring (bicyclic) bond motifs is 1. The highest BCUT2D eigenvalue weighted by Gasteiger charge is 2.14. The second-order valence-electron chi connectivity index (χ2n) is 6.84. The van der Waals surface area contributed by atoms with Gasteiger partial charge in [0.15, 0.2) is 0 Å². The van der Waals surface area contributed by atoms with Gasteiger partial charge in [0.05, 0.1) is 6.61 Å². The molecule has 1 aliphatic heterocycles. The molecule has 144 valence electrons. The van der Waals surface area contributed by atoms with Crippen molar-refractivity contribution in [2.24, 2.45) is 0 Å². The number of ether oxygens (including phenoxy) is 2. The minimum atomic E-state index is -0.359. The maximum absolute atomic E-state index is 14.2. The normalized spacial score (nSPS) is 13.2. The molecule has 0 bridgehead atoms. The molecule has 4 nitrogen and oxygen atoms in total. The van der Waals surface area contributed by atoms with Crippen molar-refractivity contribution in [3.05, 3.63) is 58.9 Å².